The highest BCUT2D eigenvalue weighted by atomic mass is 32.1. The predicted molar refractivity (Wildman–Crippen MR) is 101 cm³/mol. The summed E-state index contributed by atoms with van der Waals surface area (Å²) in [7, 11) is 0. The number of rotatable bonds is 7. The van der Waals surface area contributed by atoms with Crippen molar-refractivity contribution < 1.29 is 4.39 Å². The molecule has 0 radical (unpaired) electrons. The second-order valence-corrected chi connectivity index (χ2v) is 6.91. The molecule has 0 saturated carbocycles. The molecule has 0 aliphatic heterocycles. The van der Waals surface area contributed by atoms with Gasteiger partial charge >= 0.3 is 0 Å². The molecule has 0 amide bonds. The van der Waals surface area contributed by atoms with E-state index in [0.29, 0.717) is 23.0 Å². The lowest BCUT2D eigenvalue weighted by Gasteiger charge is -2.15. The van der Waals surface area contributed by atoms with E-state index in [1.54, 1.807) is 17.4 Å². The van der Waals surface area contributed by atoms with Gasteiger partial charge in [-0.05, 0) is 48.9 Å². The van der Waals surface area contributed by atoms with Crippen molar-refractivity contribution in [3.8, 4) is 6.07 Å². The van der Waals surface area contributed by atoms with Crippen molar-refractivity contribution >= 4 is 17.3 Å². The van der Waals surface area contributed by atoms with E-state index in [1.807, 2.05) is 13.0 Å². The number of halogens is 1. The Hall–Kier alpha value is -2.39. The summed E-state index contributed by atoms with van der Waals surface area (Å²) < 4.78 is 13.8. The van der Waals surface area contributed by atoms with Gasteiger partial charge < -0.3 is 10.6 Å². The number of guanidine groups is 1. The summed E-state index contributed by atoms with van der Waals surface area (Å²) in [6, 6.07) is 10.6. The van der Waals surface area contributed by atoms with Crippen LogP contribution in [0.2, 0.25) is 0 Å². The van der Waals surface area contributed by atoms with Gasteiger partial charge in [0.15, 0.2) is 5.96 Å². The van der Waals surface area contributed by atoms with E-state index in [9.17, 15) is 4.39 Å². The topological polar surface area (TPSA) is 60.2 Å². The zero-order valence-electron chi connectivity index (χ0n) is 14.6. The van der Waals surface area contributed by atoms with Crippen LogP contribution in [-0.4, -0.2) is 19.0 Å². The van der Waals surface area contributed by atoms with E-state index >= 15 is 0 Å². The predicted octanol–water partition coefficient (Wildman–Crippen LogP) is 3.69. The summed E-state index contributed by atoms with van der Waals surface area (Å²) >= 11 is 1.77. The van der Waals surface area contributed by atoms with E-state index < -0.39 is 0 Å². The van der Waals surface area contributed by atoms with Crippen molar-refractivity contribution in [2.24, 2.45) is 10.9 Å². The van der Waals surface area contributed by atoms with Crippen LogP contribution in [0.3, 0.4) is 0 Å². The molecule has 1 atom stereocenters. The van der Waals surface area contributed by atoms with Crippen LogP contribution in [0.4, 0.5) is 4.39 Å². The maximum atomic E-state index is 13.8. The lowest BCUT2D eigenvalue weighted by Crippen LogP contribution is -2.39. The maximum absolute atomic E-state index is 13.8. The number of hydrogen-bond acceptors (Lipinski definition) is 3. The van der Waals surface area contributed by atoms with Crippen molar-refractivity contribution in [1.29, 1.82) is 5.26 Å². The van der Waals surface area contributed by atoms with Gasteiger partial charge in [0.1, 0.15) is 5.82 Å². The van der Waals surface area contributed by atoms with Gasteiger partial charge in [-0.2, -0.15) is 5.26 Å². The molecule has 0 spiro atoms. The molecule has 0 fully saturated rings. The van der Waals surface area contributed by atoms with Crippen LogP contribution in [-0.2, 0) is 13.0 Å². The van der Waals surface area contributed by atoms with Gasteiger partial charge in [-0.1, -0.05) is 13.0 Å². The van der Waals surface area contributed by atoms with Gasteiger partial charge in [0.2, 0.25) is 0 Å². The highest BCUT2D eigenvalue weighted by Gasteiger charge is 2.07. The summed E-state index contributed by atoms with van der Waals surface area (Å²) in [6.07, 6.45) is 1.02. The second-order valence-electron chi connectivity index (χ2n) is 5.88. The van der Waals surface area contributed by atoms with E-state index in [1.165, 1.54) is 17.0 Å². The van der Waals surface area contributed by atoms with Crippen LogP contribution in [0.15, 0.2) is 40.7 Å². The minimum atomic E-state index is -0.343. The number of nitriles is 1. The smallest absolute Gasteiger partial charge is 0.191 e. The summed E-state index contributed by atoms with van der Waals surface area (Å²) in [4.78, 5) is 5.80. The average Bonchev–Trinajstić information content (AvgIpc) is 3.11. The SMILES string of the molecule is CCNC(=NCc1cc(C#N)ccc1F)NCC(C)Cc1cccs1. The molecule has 0 aliphatic rings. The Balaban J connectivity index is 1.95. The lowest BCUT2D eigenvalue weighted by atomic mass is 10.1. The summed E-state index contributed by atoms with van der Waals surface area (Å²) in [5, 5.41) is 17.5. The number of hydrogen-bond donors (Lipinski definition) is 2. The quantitative estimate of drug-likeness (QED) is 0.586. The molecule has 1 aromatic carbocycles. The summed E-state index contributed by atoms with van der Waals surface area (Å²) in [6.45, 7) is 5.88. The molecule has 4 nitrogen and oxygen atoms in total. The van der Waals surface area contributed by atoms with Crippen molar-refractivity contribution in [3.63, 3.8) is 0 Å². The molecule has 2 rings (SSSR count). The molecule has 1 aromatic heterocycles. The molecule has 6 heteroatoms. The molecule has 1 heterocycles. The van der Waals surface area contributed by atoms with Crippen molar-refractivity contribution in [2.45, 2.75) is 26.8 Å². The first-order chi connectivity index (χ1) is 12.1. The van der Waals surface area contributed by atoms with E-state index in [-0.39, 0.29) is 12.4 Å². The van der Waals surface area contributed by atoms with Gasteiger partial charge in [0.05, 0.1) is 18.2 Å². The third-order valence-corrected chi connectivity index (χ3v) is 4.57. The van der Waals surface area contributed by atoms with E-state index in [2.05, 4.69) is 40.1 Å². The number of benzene rings is 1. The van der Waals surface area contributed by atoms with Crippen LogP contribution in [0.5, 0.6) is 0 Å². The largest absolute Gasteiger partial charge is 0.357 e. The van der Waals surface area contributed by atoms with Gasteiger partial charge in [-0.15, -0.1) is 11.3 Å². The summed E-state index contributed by atoms with van der Waals surface area (Å²) in [5.74, 6) is 0.771. The number of thiophene rings is 1. The van der Waals surface area contributed by atoms with Crippen LogP contribution in [0.1, 0.15) is 29.9 Å². The lowest BCUT2D eigenvalue weighted by molar-refractivity contribution is 0.561. The van der Waals surface area contributed by atoms with Gasteiger partial charge in [0.25, 0.3) is 0 Å². The normalized spacial score (nSPS) is 12.5. The molecule has 0 saturated heterocycles. The first-order valence-electron chi connectivity index (χ1n) is 8.35. The van der Waals surface area contributed by atoms with Gasteiger partial charge in [-0.25, -0.2) is 9.38 Å². The molecule has 1 unspecified atom stereocenters. The highest BCUT2D eigenvalue weighted by Crippen LogP contribution is 2.14. The van der Waals surface area contributed by atoms with Crippen molar-refractivity contribution in [2.75, 3.05) is 13.1 Å². The summed E-state index contributed by atoms with van der Waals surface area (Å²) in [5.41, 5.74) is 0.858. The molecule has 132 valence electrons. The monoisotopic (exact) mass is 358 g/mol. The Labute approximate surface area is 152 Å². The minimum absolute atomic E-state index is 0.190. The van der Waals surface area contributed by atoms with E-state index in [0.717, 1.165) is 19.5 Å². The van der Waals surface area contributed by atoms with Gasteiger partial charge in [0, 0.05) is 23.5 Å². The molecule has 0 bridgehead atoms. The number of aliphatic imine (C=N–C) groups is 1. The fourth-order valence-corrected chi connectivity index (χ4v) is 3.26. The van der Waals surface area contributed by atoms with Crippen molar-refractivity contribution in [1.82, 2.24) is 10.6 Å². The Bertz CT molecular complexity index is 734. The molecule has 2 aromatic rings. The van der Waals surface area contributed by atoms with Crippen LogP contribution in [0, 0.1) is 23.1 Å². The first kappa shape index (κ1) is 18.9. The minimum Gasteiger partial charge on any atom is -0.357 e. The standard InChI is InChI=1S/C19H23FN4S/c1-3-22-19(23-12-14(2)9-17-5-4-8-25-17)24-13-16-10-15(11-21)6-7-18(16)20/h4-8,10,14H,3,9,12-13H2,1-2H3,(H2,22,23,24). The fourth-order valence-electron chi connectivity index (χ4n) is 2.39. The molecular formula is C19H23FN4S. The molecule has 25 heavy (non-hydrogen) atoms. The third-order valence-electron chi connectivity index (χ3n) is 3.67. The molecule has 0 aliphatic carbocycles. The zero-order chi connectivity index (χ0) is 18.1. The first-order valence-corrected chi connectivity index (χ1v) is 9.23. The third kappa shape index (κ3) is 6.20. The second kappa shape index (κ2) is 9.80. The maximum Gasteiger partial charge on any atom is 0.191 e. The van der Waals surface area contributed by atoms with Crippen LogP contribution < -0.4 is 10.6 Å². The van der Waals surface area contributed by atoms with Crippen LogP contribution in [0.25, 0.3) is 0 Å². The highest BCUT2D eigenvalue weighted by molar-refractivity contribution is 7.09. The Morgan fingerprint density at radius 1 is 1.36 bits per heavy atom. The zero-order valence-corrected chi connectivity index (χ0v) is 15.4. The number of nitrogens with one attached hydrogen (secondary N) is 2. The van der Waals surface area contributed by atoms with Crippen LogP contribution >= 0.6 is 11.3 Å². The molecule has 2 N–H and O–H groups in total. The average molecular weight is 358 g/mol. The Kier molecular flexibility index (Phi) is 7.42. The Morgan fingerprint density at radius 3 is 2.88 bits per heavy atom. The van der Waals surface area contributed by atoms with E-state index in [4.69, 9.17) is 5.26 Å². The van der Waals surface area contributed by atoms with Gasteiger partial charge in [-0.3, -0.25) is 0 Å². The Morgan fingerprint density at radius 2 is 2.20 bits per heavy atom. The van der Waals surface area contributed by atoms with Crippen molar-refractivity contribution in [3.05, 3.63) is 57.5 Å². The number of nitrogens with zero attached hydrogens (tertiary/aromatic N) is 2. The molecular weight excluding hydrogens is 335 g/mol. The fraction of sp³-hybridized carbons (Fsp3) is 0.368.